The minimum absolute atomic E-state index is 0.0819. The van der Waals surface area contributed by atoms with E-state index in [-0.39, 0.29) is 23.7 Å². The quantitative estimate of drug-likeness (QED) is 0.573. The molecular weight excluding hydrogens is 370 g/mol. The lowest BCUT2D eigenvalue weighted by Crippen LogP contribution is -2.40. The third-order valence-corrected chi connectivity index (χ3v) is 4.99. The van der Waals surface area contributed by atoms with E-state index in [1.165, 1.54) is 6.07 Å². The Labute approximate surface area is 166 Å². The number of hydrogen-bond acceptors (Lipinski definition) is 5. The van der Waals surface area contributed by atoms with Crippen LogP contribution in [0.15, 0.2) is 66.7 Å². The smallest absolute Gasteiger partial charge is 0.269 e. The van der Waals surface area contributed by atoms with E-state index >= 15 is 0 Å². The van der Waals surface area contributed by atoms with E-state index < -0.39 is 12.0 Å². The van der Waals surface area contributed by atoms with E-state index in [1.54, 1.807) is 54.6 Å². The van der Waals surface area contributed by atoms with Crippen LogP contribution >= 0.6 is 0 Å². The summed E-state index contributed by atoms with van der Waals surface area (Å²) in [6.45, 7) is 0.0819. The lowest BCUT2D eigenvalue weighted by molar-refractivity contribution is -0.125. The first kappa shape index (κ1) is 17.2. The Kier molecular flexibility index (Phi) is 3.91. The normalized spacial score (nSPS) is 16.6. The van der Waals surface area contributed by atoms with Crippen LogP contribution in [0.25, 0.3) is 0 Å². The second kappa shape index (κ2) is 6.60. The Bertz CT molecular complexity index is 1180. The van der Waals surface area contributed by atoms with Crippen molar-refractivity contribution in [2.45, 2.75) is 6.10 Å². The Morgan fingerprint density at radius 3 is 2.17 bits per heavy atom. The molecule has 1 aliphatic carbocycles. The van der Waals surface area contributed by atoms with Crippen LogP contribution in [0.3, 0.4) is 0 Å². The molecule has 1 amide bonds. The first-order valence-electron chi connectivity index (χ1n) is 9.13. The van der Waals surface area contributed by atoms with E-state index in [1.807, 2.05) is 6.07 Å². The van der Waals surface area contributed by atoms with Crippen molar-refractivity contribution in [3.63, 3.8) is 0 Å². The molecule has 2 aliphatic rings. The summed E-state index contributed by atoms with van der Waals surface area (Å²) in [4.78, 5) is 38.1. The maximum Gasteiger partial charge on any atom is 0.269 e. The predicted molar refractivity (Wildman–Crippen MR) is 105 cm³/mol. The van der Waals surface area contributed by atoms with Crippen molar-refractivity contribution in [1.29, 1.82) is 0 Å². The summed E-state index contributed by atoms with van der Waals surface area (Å²) >= 11 is 0. The fourth-order valence-corrected chi connectivity index (χ4v) is 3.55. The molecule has 0 saturated heterocycles. The number of anilines is 1. The molecule has 5 rings (SSSR count). The zero-order valence-electron chi connectivity index (χ0n) is 15.2. The van der Waals surface area contributed by atoms with Crippen LogP contribution in [0.2, 0.25) is 0 Å². The van der Waals surface area contributed by atoms with E-state index in [0.29, 0.717) is 33.9 Å². The molecule has 6 heteroatoms. The molecule has 1 heterocycles. The summed E-state index contributed by atoms with van der Waals surface area (Å²) in [6.07, 6.45) is -0.820. The number of para-hydroxylation sites is 2. The molecule has 0 saturated carbocycles. The van der Waals surface area contributed by atoms with Gasteiger partial charge in [-0.2, -0.15) is 0 Å². The number of ketones is 2. The SMILES string of the molecule is O=C1c2ccccc2C(=O)c2cc(NC(=O)[C@H]3COc4ccccc4O3)ccc21. The standard InChI is InChI=1S/C23H15NO5/c25-21-14-5-1-2-6-15(14)22(26)17-11-13(9-10-16(17)21)24-23(27)20-12-28-18-7-3-4-8-19(18)29-20/h1-11,20H,12H2,(H,24,27)/t20-/m1/s1. The monoisotopic (exact) mass is 385 g/mol. The lowest BCUT2D eigenvalue weighted by atomic mass is 9.84. The lowest BCUT2D eigenvalue weighted by Gasteiger charge is -2.25. The van der Waals surface area contributed by atoms with Crippen LogP contribution in [-0.4, -0.2) is 30.2 Å². The Morgan fingerprint density at radius 2 is 1.41 bits per heavy atom. The molecule has 3 aromatic carbocycles. The van der Waals surface area contributed by atoms with Gasteiger partial charge in [-0.1, -0.05) is 36.4 Å². The van der Waals surface area contributed by atoms with Gasteiger partial charge in [0.1, 0.15) is 6.61 Å². The van der Waals surface area contributed by atoms with Crippen LogP contribution in [0, 0.1) is 0 Å². The minimum Gasteiger partial charge on any atom is -0.485 e. The average Bonchev–Trinajstić information content (AvgIpc) is 2.77. The maximum absolute atomic E-state index is 12.8. The van der Waals surface area contributed by atoms with E-state index in [0.717, 1.165) is 0 Å². The van der Waals surface area contributed by atoms with Gasteiger partial charge < -0.3 is 14.8 Å². The van der Waals surface area contributed by atoms with Crippen molar-refractivity contribution in [3.05, 3.63) is 89.0 Å². The molecule has 29 heavy (non-hydrogen) atoms. The number of amides is 1. The number of carbonyl (C=O) groups is 3. The number of fused-ring (bicyclic) bond motifs is 3. The molecular formula is C23H15NO5. The molecule has 0 radical (unpaired) electrons. The Morgan fingerprint density at radius 1 is 0.793 bits per heavy atom. The number of ether oxygens (including phenoxy) is 2. The van der Waals surface area contributed by atoms with Crippen LogP contribution in [0.4, 0.5) is 5.69 Å². The van der Waals surface area contributed by atoms with Crippen molar-refractivity contribution >= 4 is 23.2 Å². The molecule has 142 valence electrons. The molecule has 1 aliphatic heterocycles. The summed E-state index contributed by atoms with van der Waals surface area (Å²) in [6, 6.07) is 18.6. The highest BCUT2D eigenvalue weighted by Gasteiger charge is 2.31. The predicted octanol–water partition coefficient (Wildman–Crippen LogP) is 3.24. The maximum atomic E-state index is 12.8. The molecule has 6 nitrogen and oxygen atoms in total. The van der Waals surface area contributed by atoms with Gasteiger partial charge >= 0.3 is 0 Å². The highest BCUT2D eigenvalue weighted by molar-refractivity contribution is 6.28. The van der Waals surface area contributed by atoms with Crippen molar-refractivity contribution < 1.29 is 23.9 Å². The van der Waals surface area contributed by atoms with Gasteiger partial charge in [0.05, 0.1) is 0 Å². The fraction of sp³-hybridized carbons (Fsp3) is 0.0870. The number of rotatable bonds is 2. The van der Waals surface area contributed by atoms with Gasteiger partial charge in [0, 0.05) is 27.9 Å². The van der Waals surface area contributed by atoms with Gasteiger partial charge in [-0.25, -0.2) is 0 Å². The summed E-state index contributed by atoms with van der Waals surface area (Å²) in [5.41, 5.74) is 1.79. The first-order chi connectivity index (χ1) is 14.1. The first-order valence-corrected chi connectivity index (χ1v) is 9.13. The largest absolute Gasteiger partial charge is 0.485 e. The van der Waals surface area contributed by atoms with Crippen LogP contribution < -0.4 is 14.8 Å². The molecule has 1 N–H and O–H groups in total. The van der Waals surface area contributed by atoms with Gasteiger partial charge in [0.15, 0.2) is 23.1 Å². The summed E-state index contributed by atoms with van der Waals surface area (Å²) in [5, 5.41) is 2.74. The molecule has 0 fully saturated rings. The molecule has 0 bridgehead atoms. The summed E-state index contributed by atoms with van der Waals surface area (Å²) in [5.74, 6) is 0.260. The van der Waals surface area contributed by atoms with Crippen molar-refractivity contribution in [2.75, 3.05) is 11.9 Å². The van der Waals surface area contributed by atoms with Crippen molar-refractivity contribution in [2.24, 2.45) is 0 Å². The molecule has 1 atom stereocenters. The highest BCUT2D eigenvalue weighted by Crippen LogP contribution is 2.32. The second-order valence-electron chi connectivity index (χ2n) is 6.82. The Balaban J connectivity index is 1.39. The molecule has 3 aromatic rings. The zero-order chi connectivity index (χ0) is 20.0. The topological polar surface area (TPSA) is 81.7 Å². The average molecular weight is 385 g/mol. The second-order valence-corrected chi connectivity index (χ2v) is 6.82. The third kappa shape index (κ3) is 2.86. The van der Waals surface area contributed by atoms with E-state index in [2.05, 4.69) is 5.32 Å². The number of hydrogen-bond donors (Lipinski definition) is 1. The van der Waals surface area contributed by atoms with Crippen molar-refractivity contribution in [1.82, 2.24) is 0 Å². The van der Waals surface area contributed by atoms with Gasteiger partial charge in [0.25, 0.3) is 5.91 Å². The number of nitrogens with one attached hydrogen (secondary N) is 1. The third-order valence-electron chi connectivity index (χ3n) is 4.99. The van der Waals surface area contributed by atoms with Crippen LogP contribution in [-0.2, 0) is 4.79 Å². The van der Waals surface area contributed by atoms with Crippen LogP contribution in [0.5, 0.6) is 11.5 Å². The van der Waals surface area contributed by atoms with Gasteiger partial charge in [0.2, 0.25) is 6.10 Å². The molecule has 0 aromatic heterocycles. The minimum atomic E-state index is -0.820. The van der Waals surface area contributed by atoms with Crippen LogP contribution in [0.1, 0.15) is 31.8 Å². The molecule has 0 unspecified atom stereocenters. The highest BCUT2D eigenvalue weighted by atomic mass is 16.6. The van der Waals surface area contributed by atoms with E-state index in [9.17, 15) is 14.4 Å². The number of benzene rings is 3. The van der Waals surface area contributed by atoms with Gasteiger partial charge in [-0.05, 0) is 30.3 Å². The van der Waals surface area contributed by atoms with E-state index in [4.69, 9.17) is 9.47 Å². The molecule has 0 spiro atoms. The van der Waals surface area contributed by atoms with Gasteiger partial charge in [-0.15, -0.1) is 0 Å². The van der Waals surface area contributed by atoms with Crippen molar-refractivity contribution in [3.8, 4) is 11.5 Å². The zero-order valence-corrected chi connectivity index (χ0v) is 15.2. The summed E-state index contributed by atoms with van der Waals surface area (Å²) in [7, 11) is 0. The van der Waals surface area contributed by atoms with Gasteiger partial charge in [-0.3, -0.25) is 14.4 Å². The number of carbonyl (C=O) groups excluding carboxylic acids is 3. The fourth-order valence-electron chi connectivity index (χ4n) is 3.55. The Hall–Kier alpha value is -3.93. The summed E-state index contributed by atoms with van der Waals surface area (Å²) < 4.78 is 11.3.